The van der Waals surface area contributed by atoms with E-state index in [9.17, 15) is 14.9 Å². The van der Waals surface area contributed by atoms with Gasteiger partial charge in [0.1, 0.15) is 0 Å². The molecule has 6 heteroatoms. The molecule has 1 heterocycles. The van der Waals surface area contributed by atoms with E-state index in [1.807, 2.05) is 17.5 Å². The summed E-state index contributed by atoms with van der Waals surface area (Å²) in [7, 11) is 0. The monoisotopic (exact) mass is 316 g/mol. The van der Waals surface area contributed by atoms with Crippen molar-refractivity contribution in [3.63, 3.8) is 0 Å². The second-order valence-corrected chi connectivity index (χ2v) is 6.47. The molecule has 1 aromatic heterocycles. The van der Waals surface area contributed by atoms with Crippen molar-refractivity contribution >= 4 is 28.6 Å². The lowest BCUT2D eigenvalue weighted by atomic mass is 9.83. The number of amides is 1. The number of rotatable bonds is 4. The molecule has 1 aliphatic rings. The molecule has 0 bridgehead atoms. The van der Waals surface area contributed by atoms with E-state index in [4.69, 9.17) is 0 Å². The number of nitro benzene ring substituents is 1. The Kier molecular flexibility index (Phi) is 3.94. The van der Waals surface area contributed by atoms with Gasteiger partial charge in [-0.3, -0.25) is 14.9 Å². The molecular formula is C16H16N2O3S. The third kappa shape index (κ3) is 2.62. The molecule has 1 aromatic carbocycles. The predicted molar refractivity (Wildman–Crippen MR) is 86.2 cm³/mol. The number of nitrogens with zero attached hydrogens (tertiary/aromatic N) is 1. The minimum absolute atomic E-state index is 0.0127. The first-order valence-electron chi connectivity index (χ1n) is 7.22. The van der Waals surface area contributed by atoms with Gasteiger partial charge >= 0.3 is 0 Å². The molecule has 0 spiro atoms. The van der Waals surface area contributed by atoms with Gasteiger partial charge in [-0.15, -0.1) is 11.3 Å². The Morgan fingerprint density at radius 1 is 1.18 bits per heavy atom. The lowest BCUT2D eigenvalue weighted by Gasteiger charge is -2.26. The third-order valence-electron chi connectivity index (χ3n) is 4.22. The number of anilines is 1. The smallest absolute Gasteiger partial charge is 0.269 e. The fourth-order valence-electron chi connectivity index (χ4n) is 3.03. The first-order chi connectivity index (χ1) is 10.6. The average Bonchev–Trinajstić information content (AvgIpc) is 3.19. The number of thiophene rings is 1. The molecule has 0 saturated heterocycles. The van der Waals surface area contributed by atoms with Crippen LogP contribution in [0.25, 0.3) is 0 Å². The normalized spacial score (nSPS) is 16.4. The highest BCUT2D eigenvalue weighted by Crippen LogP contribution is 2.43. The van der Waals surface area contributed by atoms with Gasteiger partial charge in [0.2, 0.25) is 5.91 Å². The number of hydrogen-bond acceptors (Lipinski definition) is 4. The van der Waals surface area contributed by atoms with Crippen LogP contribution in [-0.4, -0.2) is 10.8 Å². The molecule has 5 nitrogen and oxygen atoms in total. The molecule has 1 aliphatic carbocycles. The van der Waals surface area contributed by atoms with Crippen LogP contribution in [0.3, 0.4) is 0 Å². The summed E-state index contributed by atoms with van der Waals surface area (Å²) in [5, 5.41) is 15.6. The van der Waals surface area contributed by atoms with E-state index >= 15 is 0 Å². The summed E-state index contributed by atoms with van der Waals surface area (Å²) in [6, 6.07) is 9.95. The Labute approximate surface area is 132 Å². The van der Waals surface area contributed by atoms with Crippen LogP contribution in [0.15, 0.2) is 41.8 Å². The van der Waals surface area contributed by atoms with Crippen molar-refractivity contribution in [1.82, 2.24) is 0 Å². The van der Waals surface area contributed by atoms with E-state index in [2.05, 4.69) is 5.32 Å². The van der Waals surface area contributed by atoms with Crippen molar-refractivity contribution in [1.29, 1.82) is 0 Å². The molecule has 1 amide bonds. The number of non-ortho nitro benzene ring substituents is 1. The Hall–Kier alpha value is -2.21. The molecule has 3 rings (SSSR count). The number of benzene rings is 1. The Morgan fingerprint density at radius 3 is 2.41 bits per heavy atom. The van der Waals surface area contributed by atoms with E-state index in [0.29, 0.717) is 5.69 Å². The summed E-state index contributed by atoms with van der Waals surface area (Å²) in [5.41, 5.74) is 0.168. The Balaban J connectivity index is 1.82. The Bertz CT molecular complexity index is 674. The highest BCUT2D eigenvalue weighted by Gasteiger charge is 2.43. The zero-order valence-electron chi connectivity index (χ0n) is 12.0. The summed E-state index contributed by atoms with van der Waals surface area (Å²) in [4.78, 5) is 24.1. The highest BCUT2D eigenvalue weighted by atomic mass is 32.1. The van der Waals surface area contributed by atoms with Gasteiger partial charge in [-0.2, -0.15) is 0 Å². The van der Waals surface area contributed by atoms with Crippen LogP contribution in [0, 0.1) is 10.1 Å². The predicted octanol–water partition coefficient (Wildman–Crippen LogP) is 4.11. The van der Waals surface area contributed by atoms with E-state index in [0.717, 1.165) is 30.6 Å². The maximum absolute atomic E-state index is 12.8. The van der Waals surface area contributed by atoms with Gasteiger partial charge in [0, 0.05) is 22.7 Å². The van der Waals surface area contributed by atoms with Crippen molar-refractivity contribution in [3.05, 3.63) is 56.8 Å². The zero-order chi connectivity index (χ0) is 15.6. The van der Waals surface area contributed by atoms with Crippen LogP contribution in [-0.2, 0) is 10.2 Å². The largest absolute Gasteiger partial charge is 0.325 e. The van der Waals surface area contributed by atoms with Gasteiger partial charge in [0.15, 0.2) is 0 Å². The van der Waals surface area contributed by atoms with Crippen LogP contribution < -0.4 is 5.32 Å². The van der Waals surface area contributed by atoms with E-state index in [1.54, 1.807) is 23.5 Å². The second kappa shape index (κ2) is 5.88. The molecule has 0 radical (unpaired) electrons. The maximum Gasteiger partial charge on any atom is 0.269 e. The van der Waals surface area contributed by atoms with Gasteiger partial charge in [-0.05, 0) is 36.4 Å². The summed E-state index contributed by atoms with van der Waals surface area (Å²) >= 11 is 1.61. The molecular weight excluding hydrogens is 300 g/mol. The first kappa shape index (κ1) is 14.7. The summed E-state index contributed by atoms with van der Waals surface area (Å²) in [6.45, 7) is 0. The number of nitro groups is 1. The number of nitrogens with one attached hydrogen (secondary N) is 1. The molecule has 0 atom stereocenters. The fraction of sp³-hybridized carbons (Fsp3) is 0.312. The minimum Gasteiger partial charge on any atom is -0.325 e. The second-order valence-electron chi connectivity index (χ2n) is 5.52. The van der Waals surface area contributed by atoms with Crippen molar-refractivity contribution in [2.75, 3.05) is 5.32 Å². The topological polar surface area (TPSA) is 72.2 Å². The van der Waals surface area contributed by atoms with Crippen LogP contribution in [0.2, 0.25) is 0 Å². The highest BCUT2D eigenvalue weighted by molar-refractivity contribution is 7.10. The maximum atomic E-state index is 12.8. The van der Waals surface area contributed by atoms with Crippen molar-refractivity contribution in [3.8, 4) is 0 Å². The van der Waals surface area contributed by atoms with E-state index in [-0.39, 0.29) is 11.6 Å². The summed E-state index contributed by atoms with van der Waals surface area (Å²) < 4.78 is 0. The molecule has 114 valence electrons. The van der Waals surface area contributed by atoms with Crippen LogP contribution in [0.5, 0.6) is 0 Å². The van der Waals surface area contributed by atoms with E-state index in [1.165, 1.54) is 12.1 Å². The van der Waals surface area contributed by atoms with Crippen molar-refractivity contribution in [2.24, 2.45) is 0 Å². The molecule has 22 heavy (non-hydrogen) atoms. The molecule has 2 aromatic rings. The van der Waals surface area contributed by atoms with Gasteiger partial charge in [-0.1, -0.05) is 18.9 Å². The summed E-state index contributed by atoms with van der Waals surface area (Å²) in [5.74, 6) is -0.0127. The Morgan fingerprint density at radius 2 is 1.86 bits per heavy atom. The first-order valence-corrected chi connectivity index (χ1v) is 8.10. The van der Waals surface area contributed by atoms with E-state index < -0.39 is 10.3 Å². The van der Waals surface area contributed by atoms with Gasteiger partial charge in [0.05, 0.1) is 10.3 Å². The van der Waals surface area contributed by atoms with Crippen LogP contribution in [0.1, 0.15) is 30.6 Å². The quantitative estimate of drug-likeness (QED) is 0.681. The minimum atomic E-state index is -0.449. The van der Waals surface area contributed by atoms with Gasteiger partial charge in [0.25, 0.3) is 5.69 Å². The number of hydrogen-bond donors (Lipinski definition) is 1. The third-order valence-corrected chi connectivity index (χ3v) is 5.29. The number of carbonyl (C=O) groups excluding carboxylic acids is 1. The number of carbonyl (C=O) groups is 1. The molecule has 0 unspecified atom stereocenters. The lowest BCUT2D eigenvalue weighted by Crippen LogP contribution is -2.37. The van der Waals surface area contributed by atoms with Crippen LogP contribution in [0.4, 0.5) is 11.4 Å². The molecule has 1 N–H and O–H groups in total. The van der Waals surface area contributed by atoms with Gasteiger partial charge in [-0.25, -0.2) is 0 Å². The van der Waals surface area contributed by atoms with Gasteiger partial charge < -0.3 is 5.32 Å². The van der Waals surface area contributed by atoms with Crippen molar-refractivity contribution < 1.29 is 9.72 Å². The molecule has 1 saturated carbocycles. The molecule has 0 aliphatic heterocycles. The summed E-state index contributed by atoms with van der Waals surface area (Å²) in [6.07, 6.45) is 3.80. The lowest BCUT2D eigenvalue weighted by molar-refractivity contribution is -0.384. The molecule has 1 fully saturated rings. The average molecular weight is 316 g/mol. The van der Waals surface area contributed by atoms with Crippen molar-refractivity contribution in [2.45, 2.75) is 31.1 Å². The SMILES string of the molecule is O=C(Nc1ccc([N+](=O)[O-])cc1)C1(c2cccs2)CCCC1. The fourth-order valence-corrected chi connectivity index (χ4v) is 4.02. The standard InChI is InChI=1S/C16H16N2O3S/c19-15(17-12-5-7-13(8-6-12)18(20)21)16(9-1-2-10-16)14-4-3-11-22-14/h3-8,11H,1-2,9-10H2,(H,17,19). The van der Waals surface area contributed by atoms with Crippen LogP contribution >= 0.6 is 11.3 Å². The zero-order valence-corrected chi connectivity index (χ0v) is 12.8.